The van der Waals surface area contributed by atoms with Gasteiger partial charge in [-0.15, -0.1) is 0 Å². The molecule has 1 N–H and O–H groups in total. The van der Waals surface area contributed by atoms with Gasteiger partial charge in [0.05, 0.1) is 4.86 Å². The van der Waals surface area contributed by atoms with Crippen LogP contribution in [0.5, 0.6) is 0 Å². The highest BCUT2D eigenvalue weighted by Gasteiger charge is 2.24. The highest BCUT2D eigenvalue weighted by Crippen LogP contribution is 2.36. The Morgan fingerprint density at radius 1 is 1.38 bits per heavy atom. The van der Waals surface area contributed by atoms with Crippen molar-refractivity contribution in [1.29, 1.82) is 0 Å². The Kier molecular flexibility index (Phi) is 3.95. The number of thiocarbonyl (C=S) groups is 1. The summed E-state index contributed by atoms with van der Waals surface area (Å²) in [7, 11) is 0. The second kappa shape index (κ2) is 4.70. The van der Waals surface area contributed by atoms with Gasteiger partial charge >= 0.3 is 0 Å². The molecule has 0 amide bonds. The van der Waals surface area contributed by atoms with E-state index in [0.717, 1.165) is 12.0 Å². The lowest BCUT2D eigenvalue weighted by atomic mass is 9.79. The smallest absolute Gasteiger partial charge is 0.133 e. The van der Waals surface area contributed by atoms with Crippen LogP contribution in [0.4, 0.5) is 0 Å². The summed E-state index contributed by atoms with van der Waals surface area (Å²) < 4.78 is 0. The number of rotatable bonds is 2. The third-order valence-electron chi connectivity index (χ3n) is 2.70. The van der Waals surface area contributed by atoms with E-state index in [1.165, 1.54) is 5.57 Å². The van der Waals surface area contributed by atoms with Crippen molar-refractivity contribution < 1.29 is 5.11 Å². The summed E-state index contributed by atoms with van der Waals surface area (Å²) in [6, 6.07) is 0. The third-order valence-corrected chi connectivity index (χ3v) is 3.06. The van der Waals surface area contributed by atoms with Crippen molar-refractivity contribution in [3.8, 4) is 0 Å². The predicted octanol–water partition coefficient (Wildman–Crippen LogP) is 4.59. The van der Waals surface area contributed by atoms with Gasteiger partial charge in [0.15, 0.2) is 0 Å². The molecule has 1 aliphatic carbocycles. The SMILES string of the molecule is CC(C)C1=C(O)C(=S)CC=C1CC(C)(C)C. The van der Waals surface area contributed by atoms with Gasteiger partial charge in [-0.2, -0.15) is 0 Å². The van der Waals surface area contributed by atoms with Gasteiger partial charge in [0.25, 0.3) is 0 Å². The van der Waals surface area contributed by atoms with E-state index in [2.05, 4.69) is 40.7 Å². The maximum absolute atomic E-state index is 10.1. The van der Waals surface area contributed by atoms with Crippen LogP contribution in [0.15, 0.2) is 23.0 Å². The zero-order valence-electron chi connectivity index (χ0n) is 10.9. The zero-order valence-corrected chi connectivity index (χ0v) is 11.7. The van der Waals surface area contributed by atoms with Crippen molar-refractivity contribution in [2.45, 2.75) is 47.5 Å². The Morgan fingerprint density at radius 2 is 1.94 bits per heavy atom. The van der Waals surface area contributed by atoms with Crippen molar-refractivity contribution in [1.82, 2.24) is 0 Å². The minimum atomic E-state index is 0.241. The van der Waals surface area contributed by atoms with Crippen LogP contribution < -0.4 is 0 Å². The number of hydrogen-bond acceptors (Lipinski definition) is 2. The largest absolute Gasteiger partial charge is 0.506 e. The molecule has 0 heterocycles. The topological polar surface area (TPSA) is 20.2 Å². The quantitative estimate of drug-likeness (QED) is 0.710. The first-order valence-corrected chi connectivity index (χ1v) is 6.29. The molecule has 0 spiro atoms. The molecule has 0 aromatic rings. The van der Waals surface area contributed by atoms with E-state index >= 15 is 0 Å². The average molecular weight is 238 g/mol. The molecule has 0 radical (unpaired) electrons. The first kappa shape index (κ1) is 13.4. The molecule has 1 aliphatic rings. The second-order valence-electron chi connectivity index (χ2n) is 6.01. The van der Waals surface area contributed by atoms with E-state index < -0.39 is 0 Å². The average Bonchev–Trinajstić information content (AvgIpc) is 2.08. The van der Waals surface area contributed by atoms with Crippen LogP contribution >= 0.6 is 12.2 Å². The molecule has 0 aromatic carbocycles. The van der Waals surface area contributed by atoms with Crippen molar-refractivity contribution in [3.63, 3.8) is 0 Å². The molecule has 0 unspecified atom stereocenters. The summed E-state index contributed by atoms with van der Waals surface area (Å²) >= 11 is 5.17. The van der Waals surface area contributed by atoms with Gasteiger partial charge in [-0.3, -0.25) is 0 Å². The molecule has 0 aromatic heterocycles. The summed E-state index contributed by atoms with van der Waals surface area (Å²) in [5.41, 5.74) is 2.56. The van der Waals surface area contributed by atoms with Crippen LogP contribution in [0.1, 0.15) is 47.5 Å². The molecule has 1 nitrogen and oxygen atoms in total. The molecule has 0 saturated carbocycles. The molecule has 0 bridgehead atoms. The molecular formula is C14H22OS. The molecule has 16 heavy (non-hydrogen) atoms. The predicted molar refractivity (Wildman–Crippen MR) is 73.9 cm³/mol. The van der Waals surface area contributed by atoms with Gasteiger partial charge in [0.1, 0.15) is 5.76 Å². The van der Waals surface area contributed by atoms with Crippen LogP contribution in [0.25, 0.3) is 0 Å². The fourth-order valence-electron chi connectivity index (χ4n) is 2.11. The number of aliphatic hydroxyl groups excluding tert-OH is 1. The van der Waals surface area contributed by atoms with Gasteiger partial charge in [-0.05, 0) is 23.3 Å². The van der Waals surface area contributed by atoms with E-state index in [4.69, 9.17) is 12.2 Å². The van der Waals surface area contributed by atoms with E-state index in [1.807, 2.05) is 0 Å². The van der Waals surface area contributed by atoms with Gasteiger partial charge in [-0.25, -0.2) is 0 Å². The number of allylic oxidation sites excluding steroid dienone is 4. The zero-order chi connectivity index (χ0) is 12.5. The van der Waals surface area contributed by atoms with E-state index in [-0.39, 0.29) is 5.41 Å². The van der Waals surface area contributed by atoms with Gasteiger partial charge < -0.3 is 5.11 Å². The Bertz CT molecular complexity index is 353. The van der Waals surface area contributed by atoms with E-state index in [9.17, 15) is 5.11 Å². The molecule has 2 heteroatoms. The molecule has 0 atom stereocenters. The van der Waals surface area contributed by atoms with E-state index in [1.54, 1.807) is 0 Å². The third kappa shape index (κ3) is 3.18. The second-order valence-corrected chi connectivity index (χ2v) is 6.50. The lowest BCUT2D eigenvalue weighted by Crippen LogP contribution is -2.17. The highest BCUT2D eigenvalue weighted by atomic mass is 32.1. The van der Waals surface area contributed by atoms with Crippen molar-refractivity contribution >= 4 is 17.1 Å². The highest BCUT2D eigenvalue weighted by molar-refractivity contribution is 7.80. The molecule has 0 fully saturated rings. The monoisotopic (exact) mass is 238 g/mol. The minimum Gasteiger partial charge on any atom is -0.506 e. The van der Waals surface area contributed by atoms with Crippen molar-refractivity contribution in [2.24, 2.45) is 11.3 Å². The minimum absolute atomic E-state index is 0.241. The summed E-state index contributed by atoms with van der Waals surface area (Å²) in [4.78, 5) is 0.682. The van der Waals surface area contributed by atoms with Crippen LogP contribution in [-0.2, 0) is 0 Å². The van der Waals surface area contributed by atoms with Crippen LogP contribution in [-0.4, -0.2) is 9.97 Å². The van der Waals surface area contributed by atoms with Crippen LogP contribution in [0.3, 0.4) is 0 Å². The lowest BCUT2D eigenvalue weighted by molar-refractivity contribution is 0.396. The Morgan fingerprint density at radius 3 is 2.38 bits per heavy atom. The normalized spacial score (nSPS) is 18.1. The van der Waals surface area contributed by atoms with Crippen LogP contribution in [0.2, 0.25) is 0 Å². The van der Waals surface area contributed by atoms with Gasteiger partial charge in [0, 0.05) is 12.0 Å². The van der Waals surface area contributed by atoms with Crippen molar-refractivity contribution in [3.05, 3.63) is 23.0 Å². The Hall–Kier alpha value is -0.630. The van der Waals surface area contributed by atoms with Crippen LogP contribution in [0, 0.1) is 11.3 Å². The summed E-state index contributed by atoms with van der Waals surface area (Å²) in [6.07, 6.45) is 3.89. The lowest BCUT2D eigenvalue weighted by Gasteiger charge is -2.27. The maximum Gasteiger partial charge on any atom is 0.133 e. The summed E-state index contributed by atoms with van der Waals surface area (Å²) in [5.74, 6) is 0.679. The fourth-order valence-corrected chi connectivity index (χ4v) is 2.30. The van der Waals surface area contributed by atoms with Gasteiger partial charge in [0.2, 0.25) is 0 Å². The Labute approximate surface area is 104 Å². The molecular weight excluding hydrogens is 216 g/mol. The molecule has 90 valence electrons. The van der Waals surface area contributed by atoms with Gasteiger partial charge in [-0.1, -0.05) is 52.9 Å². The summed E-state index contributed by atoms with van der Waals surface area (Å²) in [6.45, 7) is 10.9. The molecule has 0 aliphatic heterocycles. The van der Waals surface area contributed by atoms with Crippen molar-refractivity contribution in [2.75, 3.05) is 0 Å². The summed E-state index contributed by atoms with van der Waals surface area (Å²) in [5, 5.41) is 10.1. The fraction of sp³-hybridized carbons (Fsp3) is 0.643. The number of aliphatic hydroxyl groups is 1. The Balaban J connectivity index is 3.06. The maximum atomic E-state index is 10.1. The van der Waals surface area contributed by atoms with E-state index in [0.29, 0.717) is 23.0 Å². The standard InChI is InChI=1S/C14H22OS/c1-9(2)12-10(8-14(3,4)5)6-7-11(16)13(12)15/h6,9,15H,7-8H2,1-5H3. The number of hydrogen-bond donors (Lipinski definition) is 1. The first-order chi connectivity index (χ1) is 7.22. The molecule has 1 rings (SSSR count). The first-order valence-electron chi connectivity index (χ1n) is 5.88. The molecule has 0 saturated heterocycles.